The smallest absolute Gasteiger partial charge is 0.310 e. The molecule has 3 aliphatic rings. The minimum atomic E-state index is -0.701. The number of carboxylic acid groups (broad SMARTS) is 1. The molecule has 0 spiro atoms. The first kappa shape index (κ1) is 11.7. The van der Waals surface area contributed by atoms with Crippen LogP contribution in [0.25, 0.3) is 0 Å². The van der Waals surface area contributed by atoms with Crippen LogP contribution in [0.1, 0.15) is 47.4 Å². The Hall–Kier alpha value is -2.09. The summed E-state index contributed by atoms with van der Waals surface area (Å²) in [6, 6.07) is 16.7. The molecular formula is C18H16O2. The molecule has 2 heteroatoms. The van der Waals surface area contributed by atoms with Crippen LogP contribution in [0.2, 0.25) is 0 Å². The summed E-state index contributed by atoms with van der Waals surface area (Å²) in [4.78, 5) is 11.9. The van der Waals surface area contributed by atoms with Crippen LogP contribution in [0.3, 0.4) is 0 Å². The van der Waals surface area contributed by atoms with Crippen molar-refractivity contribution in [3.05, 3.63) is 70.8 Å². The monoisotopic (exact) mass is 264 g/mol. The lowest BCUT2D eigenvalue weighted by atomic mass is 9.53. The van der Waals surface area contributed by atoms with Gasteiger partial charge in [0.2, 0.25) is 0 Å². The molecule has 1 atom stereocenters. The molecule has 0 saturated carbocycles. The Balaban J connectivity index is 2.05. The summed E-state index contributed by atoms with van der Waals surface area (Å²) in [6.45, 7) is 1.90. The van der Waals surface area contributed by atoms with Gasteiger partial charge in [-0.05, 0) is 35.6 Å². The van der Waals surface area contributed by atoms with Crippen LogP contribution < -0.4 is 0 Å². The molecular weight excluding hydrogens is 248 g/mol. The molecule has 2 aromatic carbocycles. The van der Waals surface area contributed by atoms with E-state index >= 15 is 0 Å². The van der Waals surface area contributed by atoms with E-state index in [4.69, 9.17) is 0 Å². The fourth-order valence-corrected chi connectivity index (χ4v) is 4.18. The maximum absolute atomic E-state index is 11.9. The van der Waals surface area contributed by atoms with E-state index in [0.717, 1.165) is 0 Å². The van der Waals surface area contributed by atoms with Gasteiger partial charge in [0, 0.05) is 11.8 Å². The lowest BCUT2D eigenvalue weighted by Gasteiger charge is -2.49. The van der Waals surface area contributed by atoms with E-state index in [1.807, 2.05) is 19.1 Å². The van der Waals surface area contributed by atoms with Gasteiger partial charge in [0.1, 0.15) is 0 Å². The first-order chi connectivity index (χ1) is 9.63. The molecule has 0 heterocycles. The van der Waals surface area contributed by atoms with E-state index < -0.39 is 11.4 Å². The molecule has 0 unspecified atom stereocenters. The Labute approximate surface area is 118 Å². The van der Waals surface area contributed by atoms with Gasteiger partial charge in [-0.15, -0.1) is 0 Å². The normalized spacial score (nSPS) is 29.6. The number of benzene rings is 2. The number of fused-ring (bicyclic) bond motifs is 1. The lowest BCUT2D eigenvalue weighted by Crippen LogP contribution is -2.44. The van der Waals surface area contributed by atoms with Crippen molar-refractivity contribution in [2.45, 2.75) is 25.2 Å². The third-order valence-corrected chi connectivity index (χ3v) is 5.12. The average Bonchev–Trinajstić information content (AvgIpc) is 2.47. The van der Waals surface area contributed by atoms with Crippen LogP contribution in [-0.2, 0) is 4.79 Å². The molecule has 0 amide bonds. The van der Waals surface area contributed by atoms with E-state index in [1.165, 1.54) is 22.3 Å². The zero-order valence-electron chi connectivity index (χ0n) is 11.3. The number of hydrogen-bond donors (Lipinski definition) is 1. The molecule has 0 fully saturated rings. The second kappa shape index (κ2) is 3.72. The molecule has 5 rings (SSSR count). The van der Waals surface area contributed by atoms with Crippen LogP contribution in [0.5, 0.6) is 0 Å². The Morgan fingerprint density at radius 2 is 1.45 bits per heavy atom. The summed E-state index contributed by atoms with van der Waals surface area (Å²) in [5.41, 5.74) is 4.33. The summed E-state index contributed by atoms with van der Waals surface area (Å²) in [5.74, 6) is -0.498. The second-order valence-corrected chi connectivity index (χ2v) is 6.17. The Bertz CT molecular complexity index is 671. The molecule has 1 N–H and O–H groups in total. The minimum absolute atomic E-state index is 0.0302. The number of carboxylic acids is 1. The molecule has 3 aliphatic carbocycles. The number of aliphatic carboxylic acids is 1. The largest absolute Gasteiger partial charge is 0.481 e. The third kappa shape index (κ3) is 1.26. The van der Waals surface area contributed by atoms with Crippen LogP contribution >= 0.6 is 0 Å². The van der Waals surface area contributed by atoms with E-state index in [9.17, 15) is 9.90 Å². The molecule has 0 radical (unpaired) electrons. The van der Waals surface area contributed by atoms with E-state index in [-0.39, 0.29) is 11.8 Å². The number of carbonyl (C=O) groups is 1. The Morgan fingerprint density at radius 3 is 1.90 bits per heavy atom. The zero-order valence-corrected chi connectivity index (χ0v) is 11.3. The molecule has 0 saturated heterocycles. The van der Waals surface area contributed by atoms with E-state index in [0.29, 0.717) is 6.42 Å². The first-order valence-electron chi connectivity index (χ1n) is 7.04. The van der Waals surface area contributed by atoms with Crippen LogP contribution in [-0.4, -0.2) is 11.1 Å². The van der Waals surface area contributed by atoms with Gasteiger partial charge in [0.15, 0.2) is 0 Å². The predicted octanol–water partition coefficient (Wildman–Crippen LogP) is 3.76. The van der Waals surface area contributed by atoms with Gasteiger partial charge in [0.05, 0.1) is 5.41 Å². The average molecular weight is 264 g/mol. The van der Waals surface area contributed by atoms with Crippen molar-refractivity contribution in [1.82, 2.24) is 0 Å². The Morgan fingerprint density at radius 1 is 1.00 bits per heavy atom. The lowest BCUT2D eigenvalue weighted by molar-refractivity contribution is -0.150. The summed E-state index contributed by atoms with van der Waals surface area (Å²) in [7, 11) is 0. The zero-order chi connectivity index (χ0) is 13.9. The molecule has 100 valence electrons. The highest BCUT2D eigenvalue weighted by Crippen LogP contribution is 2.60. The molecule has 0 aromatic heterocycles. The van der Waals surface area contributed by atoms with Crippen molar-refractivity contribution in [3.8, 4) is 0 Å². The summed E-state index contributed by atoms with van der Waals surface area (Å²) in [5, 5.41) is 9.77. The first-order valence-corrected chi connectivity index (χ1v) is 7.04. The van der Waals surface area contributed by atoms with Gasteiger partial charge in [-0.1, -0.05) is 48.5 Å². The maximum atomic E-state index is 11.9. The van der Waals surface area contributed by atoms with Crippen molar-refractivity contribution in [3.63, 3.8) is 0 Å². The second-order valence-electron chi connectivity index (χ2n) is 6.17. The minimum Gasteiger partial charge on any atom is -0.481 e. The maximum Gasteiger partial charge on any atom is 0.310 e. The van der Waals surface area contributed by atoms with Crippen molar-refractivity contribution >= 4 is 5.97 Å². The van der Waals surface area contributed by atoms with Gasteiger partial charge in [-0.2, -0.15) is 0 Å². The van der Waals surface area contributed by atoms with Gasteiger partial charge in [-0.3, -0.25) is 4.79 Å². The van der Waals surface area contributed by atoms with E-state index in [1.54, 1.807) is 0 Å². The summed E-state index contributed by atoms with van der Waals surface area (Å²) < 4.78 is 0. The Kier molecular flexibility index (Phi) is 2.18. The summed E-state index contributed by atoms with van der Waals surface area (Å²) in [6.07, 6.45) is 0.695. The molecule has 2 nitrogen and oxygen atoms in total. The highest BCUT2D eigenvalue weighted by Gasteiger charge is 2.53. The SMILES string of the molecule is C[C@@]1(C(=O)O)CC2c3ccccc3C1c1ccccc12. The molecule has 2 aromatic rings. The van der Waals surface area contributed by atoms with Crippen molar-refractivity contribution in [2.75, 3.05) is 0 Å². The topological polar surface area (TPSA) is 37.3 Å². The van der Waals surface area contributed by atoms with Gasteiger partial charge >= 0.3 is 5.97 Å². The highest BCUT2D eigenvalue weighted by molar-refractivity contribution is 5.80. The van der Waals surface area contributed by atoms with Crippen LogP contribution in [0, 0.1) is 5.41 Å². The predicted molar refractivity (Wildman–Crippen MR) is 76.9 cm³/mol. The molecule has 0 aliphatic heterocycles. The van der Waals surface area contributed by atoms with Crippen molar-refractivity contribution in [2.24, 2.45) is 5.41 Å². The number of rotatable bonds is 1. The highest BCUT2D eigenvalue weighted by atomic mass is 16.4. The summed E-state index contributed by atoms with van der Waals surface area (Å²) >= 11 is 0. The fraction of sp³-hybridized carbons (Fsp3) is 0.278. The van der Waals surface area contributed by atoms with Gasteiger partial charge in [0.25, 0.3) is 0 Å². The van der Waals surface area contributed by atoms with Crippen LogP contribution in [0.15, 0.2) is 48.5 Å². The van der Waals surface area contributed by atoms with Gasteiger partial charge in [-0.25, -0.2) is 0 Å². The van der Waals surface area contributed by atoms with E-state index in [2.05, 4.69) is 36.4 Å². The molecule has 2 bridgehead atoms. The quantitative estimate of drug-likeness (QED) is 0.851. The van der Waals surface area contributed by atoms with Crippen molar-refractivity contribution < 1.29 is 9.90 Å². The van der Waals surface area contributed by atoms with Gasteiger partial charge < -0.3 is 5.11 Å². The third-order valence-electron chi connectivity index (χ3n) is 5.12. The number of hydrogen-bond acceptors (Lipinski definition) is 1. The standard InChI is InChI=1S/C18H16O2/c1-18(17(19)20)10-15-11-6-2-4-8-13(11)16(18)14-9-5-3-7-12(14)15/h2-9,15-16H,10H2,1H3,(H,19,20)/t15?,16?,18-/m1/s1. The van der Waals surface area contributed by atoms with Crippen molar-refractivity contribution in [1.29, 1.82) is 0 Å². The molecule has 20 heavy (non-hydrogen) atoms. The fourth-order valence-electron chi connectivity index (χ4n) is 4.18. The van der Waals surface area contributed by atoms with Crippen LogP contribution in [0.4, 0.5) is 0 Å².